The van der Waals surface area contributed by atoms with E-state index in [0.29, 0.717) is 6.04 Å². The Bertz CT molecular complexity index is 749. The fraction of sp³-hybridized carbons (Fsp3) is 0.211. The van der Waals surface area contributed by atoms with Crippen LogP contribution in [0.2, 0.25) is 0 Å². The van der Waals surface area contributed by atoms with Gasteiger partial charge in [-0.3, -0.25) is 4.98 Å². The molecule has 0 saturated heterocycles. The molecule has 0 fully saturated rings. The van der Waals surface area contributed by atoms with Crippen molar-refractivity contribution in [3.05, 3.63) is 77.5 Å². The predicted molar refractivity (Wildman–Crippen MR) is 88.2 cm³/mol. The Kier molecular flexibility index (Phi) is 3.98. The molecule has 2 heteroatoms. The second-order valence-electron chi connectivity index (χ2n) is 5.45. The highest BCUT2D eigenvalue weighted by Gasteiger charge is 2.07. The van der Waals surface area contributed by atoms with Crippen molar-refractivity contribution in [1.29, 1.82) is 0 Å². The molecule has 2 aromatic carbocycles. The molecule has 1 aromatic heterocycles. The molecular weight excluding hydrogens is 256 g/mol. The van der Waals surface area contributed by atoms with E-state index < -0.39 is 0 Å². The van der Waals surface area contributed by atoms with Gasteiger partial charge in [0.25, 0.3) is 0 Å². The molecule has 21 heavy (non-hydrogen) atoms. The van der Waals surface area contributed by atoms with Crippen molar-refractivity contribution in [2.75, 3.05) is 0 Å². The number of aryl methyl sites for hydroxylation is 1. The first kappa shape index (κ1) is 13.8. The summed E-state index contributed by atoms with van der Waals surface area (Å²) < 4.78 is 0. The van der Waals surface area contributed by atoms with Gasteiger partial charge in [-0.2, -0.15) is 0 Å². The summed E-state index contributed by atoms with van der Waals surface area (Å²) in [5.74, 6) is 0. The molecule has 0 aliphatic carbocycles. The summed E-state index contributed by atoms with van der Waals surface area (Å²) in [5.41, 5.74) is 4.80. The number of aromatic nitrogens is 1. The fourth-order valence-electron chi connectivity index (χ4n) is 2.65. The van der Waals surface area contributed by atoms with Gasteiger partial charge in [0.2, 0.25) is 0 Å². The van der Waals surface area contributed by atoms with Crippen molar-refractivity contribution in [3.8, 4) is 0 Å². The van der Waals surface area contributed by atoms with Crippen molar-refractivity contribution in [2.24, 2.45) is 0 Å². The summed E-state index contributed by atoms with van der Waals surface area (Å²) in [6.07, 6.45) is 0. The molecule has 2 nitrogen and oxygen atoms in total. The van der Waals surface area contributed by atoms with E-state index in [-0.39, 0.29) is 0 Å². The van der Waals surface area contributed by atoms with E-state index >= 15 is 0 Å². The minimum Gasteiger partial charge on any atom is -0.305 e. The van der Waals surface area contributed by atoms with Crippen LogP contribution in [0.3, 0.4) is 0 Å². The Morgan fingerprint density at radius 2 is 1.71 bits per heavy atom. The average Bonchev–Trinajstić information content (AvgIpc) is 2.53. The van der Waals surface area contributed by atoms with Crippen molar-refractivity contribution in [1.82, 2.24) is 10.3 Å². The Morgan fingerprint density at radius 1 is 0.952 bits per heavy atom. The number of benzene rings is 2. The molecule has 0 amide bonds. The molecule has 0 spiro atoms. The van der Waals surface area contributed by atoms with Crippen LogP contribution in [0.4, 0.5) is 0 Å². The summed E-state index contributed by atoms with van der Waals surface area (Å²) in [6, 6.07) is 21.3. The van der Waals surface area contributed by atoms with E-state index in [4.69, 9.17) is 4.98 Å². The van der Waals surface area contributed by atoms with Gasteiger partial charge in [-0.1, -0.05) is 48.5 Å². The standard InChI is InChI=1S/C19H20N2/c1-14-7-3-5-9-18(14)15(2)20-13-17-12-11-16-8-4-6-10-19(16)21-17/h3-12,15,20H,13H2,1-2H3/t15-/m1/s1. The van der Waals surface area contributed by atoms with E-state index in [1.165, 1.54) is 16.5 Å². The summed E-state index contributed by atoms with van der Waals surface area (Å²) in [6.45, 7) is 5.13. The number of nitrogens with zero attached hydrogens (tertiary/aromatic N) is 1. The lowest BCUT2D eigenvalue weighted by atomic mass is 10.0. The number of para-hydroxylation sites is 1. The van der Waals surface area contributed by atoms with E-state index in [9.17, 15) is 0 Å². The van der Waals surface area contributed by atoms with Crippen molar-refractivity contribution in [3.63, 3.8) is 0 Å². The Labute approximate surface area is 125 Å². The normalized spacial score (nSPS) is 12.5. The molecule has 106 valence electrons. The van der Waals surface area contributed by atoms with E-state index in [2.05, 4.69) is 67.7 Å². The van der Waals surface area contributed by atoms with Gasteiger partial charge in [-0.25, -0.2) is 0 Å². The van der Waals surface area contributed by atoms with Gasteiger partial charge < -0.3 is 5.32 Å². The topological polar surface area (TPSA) is 24.9 Å². The number of pyridine rings is 1. The second kappa shape index (κ2) is 6.06. The predicted octanol–water partition coefficient (Wildman–Crippen LogP) is 4.39. The van der Waals surface area contributed by atoms with E-state index in [1.54, 1.807) is 0 Å². The second-order valence-corrected chi connectivity index (χ2v) is 5.45. The highest BCUT2D eigenvalue weighted by atomic mass is 14.9. The third-order valence-electron chi connectivity index (χ3n) is 3.90. The zero-order valence-corrected chi connectivity index (χ0v) is 12.5. The van der Waals surface area contributed by atoms with Gasteiger partial charge in [0.15, 0.2) is 0 Å². The maximum absolute atomic E-state index is 4.70. The van der Waals surface area contributed by atoms with Crippen LogP contribution in [0, 0.1) is 6.92 Å². The number of hydrogen-bond donors (Lipinski definition) is 1. The third kappa shape index (κ3) is 3.11. The monoisotopic (exact) mass is 276 g/mol. The lowest BCUT2D eigenvalue weighted by molar-refractivity contribution is 0.566. The molecule has 1 atom stereocenters. The Morgan fingerprint density at radius 3 is 2.57 bits per heavy atom. The lowest BCUT2D eigenvalue weighted by Crippen LogP contribution is -2.19. The molecule has 0 aliphatic heterocycles. The van der Waals surface area contributed by atoms with Crippen LogP contribution < -0.4 is 5.32 Å². The number of nitrogens with one attached hydrogen (secondary N) is 1. The van der Waals surface area contributed by atoms with Gasteiger partial charge in [0.1, 0.15) is 0 Å². The molecule has 0 aliphatic rings. The quantitative estimate of drug-likeness (QED) is 0.764. The van der Waals surface area contributed by atoms with Gasteiger partial charge >= 0.3 is 0 Å². The number of rotatable bonds is 4. The van der Waals surface area contributed by atoms with Crippen LogP contribution in [0.1, 0.15) is 29.8 Å². The average molecular weight is 276 g/mol. The number of fused-ring (bicyclic) bond motifs is 1. The smallest absolute Gasteiger partial charge is 0.0705 e. The van der Waals surface area contributed by atoms with E-state index in [0.717, 1.165) is 17.8 Å². The minimum absolute atomic E-state index is 0.319. The molecule has 3 rings (SSSR count). The lowest BCUT2D eigenvalue weighted by Gasteiger charge is -2.16. The van der Waals surface area contributed by atoms with Crippen molar-refractivity contribution >= 4 is 10.9 Å². The van der Waals surface area contributed by atoms with Crippen LogP contribution in [-0.2, 0) is 6.54 Å². The van der Waals surface area contributed by atoms with Crippen molar-refractivity contribution in [2.45, 2.75) is 26.4 Å². The van der Waals surface area contributed by atoms with Gasteiger partial charge in [0, 0.05) is 18.0 Å². The summed E-state index contributed by atoms with van der Waals surface area (Å²) in [4.78, 5) is 4.70. The molecular formula is C19H20N2. The Balaban J connectivity index is 1.73. The molecule has 0 bridgehead atoms. The number of hydrogen-bond acceptors (Lipinski definition) is 2. The van der Waals surface area contributed by atoms with E-state index in [1.807, 2.05) is 12.1 Å². The summed E-state index contributed by atoms with van der Waals surface area (Å²) in [5, 5.41) is 4.75. The molecule has 0 unspecified atom stereocenters. The van der Waals surface area contributed by atoms with Gasteiger partial charge in [-0.05, 0) is 37.1 Å². The summed E-state index contributed by atoms with van der Waals surface area (Å²) in [7, 11) is 0. The first-order valence-corrected chi connectivity index (χ1v) is 7.37. The van der Waals surface area contributed by atoms with Crippen LogP contribution in [0.15, 0.2) is 60.7 Å². The van der Waals surface area contributed by atoms with Crippen LogP contribution in [0.25, 0.3) is 10.9 Å². The van der Waals surface area contributed by atoms with Crippen LogP contribution >= 0.6 is 0 Å². The van der Waals surface area contributed by atoms with Gasteiger partial charge in [-0.15, -0.1) is 0 Å². The first-order valence-electron chi connectivity index (χ1n) is 7.37. The highest BCUT2D eigenvalue weighted by molar-refractivity contribution is 5.78. The maximum atomic E-state index is 4.70. The molecule has 1 N–H and O–H groups in total. The first-order chi connectivity index (χ1) is 10.2. The van der Waals surface area contributed by atoms with Crippen LogP contribution in [0.5, 0.6) is 0 Å². The van der Waals surface area contributed by atoms with Crippen molar-refractivity contribution < 1.29 is 0 Å². The molecule has 0 radical (unpaired) electrons. The zero-order valence-electron chi connectivity index (χ0n) is 12.5. The SMILES string of the molecule is Cc1ccccc1[C@@H](C)NCc1ccc2ccccc2n1. The highest BCUT2D eigenvalue weighted by Crippen LogP contribution is 2.17. The molecule has 3 aromatic rings. The molecule has 1 heterocycles. The maximum Gasteiger partial charge on any atom is 0.0705 e. The largest absolute Gasteiger partial charge is 0.305 e. The van der Waals surface area contributed by atoms with Gasteiger partial charge in [0.05, 0.1) is 11.2 Å². The minimum atomic E-state index is 0.319. The Hall–Kier alpha value is -2.19. The molecule has 0 saturated carbocycles. The fourth-order valence-corrected chi connectivity index (χ4v) is 2.65. The third-order valence-corrected chi connectivity index (χ3v) is 3.90. The summed E-state index contributed by atoms with van der Waals surface area (Å²) >= 11 is 0. The zero-order chi connectivity index (χ0) is 14.7. The van der Waals surface area contributed by atoms with Crippen LogP contribution in [-0.4, -0.2) is 4.98 Å².